The molecule has 0 amide bonds. The lowest BCUT2D eigenvalue weighted by molar-refractivity contribution is -0.150. The van der Waals surface area contributed by atoms with E-state index >= 15 is 0 Å². The quantitative estimate of drug-likeness (QED) is 0.779. The van der Waals surface area contributed by atoms with Gasteiger partial charge in [-0.05, 0) is 25.5 Å². The van der Waals surface area contributed by atoms with Gasteiger partial charge in [0.25, 0.3) is 0 Å². The lowest BCUT2D eigenvalue weighted by Gasteiger charge is -2.28. The Labute approximate surface area is 116 Å². The summed E-state index contributed by atoms with van der Waals surface area (Å²) >= 11 is 0. The van der Waals surface area contributed by atoms with E-state index in [1.165, 1.54) is 12.0 Å². The molecule has 1 aromatic carbocycles. The van der Waals surface area contributed by atoms with Gasteiger partial charge in [-0.15, -0.1) is 0 Å². The fourth-order valence-electron chi connectivity index (χ4n) is 1.84. The van der Waals surface area contributed by atoms with Crippen LogP contribution in [0.25, 0.3) is 0 Å². The maximum absolute atomic E-state index is 12.6. The van der Waals surface area contributed by atoms with Crippen LogP contribution < -0.4 is 0 Å². The number of carbonyl (C=O) groups is 1. The minimum atomic E-state index is -4.27. The first-order valence-electron chi connectivity index (χ1n) is 6.21. The smallest absolute Gasteiger partial charge is 0.401 e. The number of halogens is 3. The van der Waals surface area contributed by atoms with E-state index in [9.17, 15) is 18.0 Å². The predicted octanol–water partition coefficient (Wildman–Crippen LogP) is 3.25. The Kier molecular flexibility index (Phi) is 5.56. The molecule has 0 aliphatic carbocycles. The second-order valence-electron chi connectivity index (χ2n) is 4.76. The van der Waals surface area contributed by atoms with E-state index in [4.69, 9.17) is 0 Å². The van der Waals surface area contributed by atoms with E-state index < -0.39 is 18.7 Å². The maximum atomic E-state index is 12.6. The Balaban J connectivity index is 2.97. The summed E-state index contributed by atoms with van der Waals surface area (Å²) in [7, 11) is 1.25. The Morgan fingerprint density at radius 3 is 2.40 bits per heavy atom. The van der Waals surface area contributed by atoms with Crippen molar-refractivity contribution in [1.29, 1.82) is 0 Å². The number of esters is 1. The number of ether oxygens (including phenoxy) is 1. The molecule has 0 bridgehead atoms. The summed E-state index contributed by atoms with van der Waals surface area (Å²) < 4.78 is 42.3. The van der Waals surface area contributed by atoms with Gasteiger partial charge in [-0.25, -0.2) is 4.79 Å². The maximum Gasteiger partial charge on any atom is 0.401 e. The minimum Gasteiger partial charge on any atom is -0.465 e. The molecule has 6 heteroatoms. The van der Waals surface area contributed by atoms with Crippen LogP contribution in [0, 0.1) is 0 Å². The Morgan fingerprint density at radius 2 is 1.90 bits per heavy atom. The van der Waals surface area contributed by atoms with E-state index in [0.717, 1.165) is 0 Å². The van der Waals surface area contributed by atoms with Crippen LogP contribution in [0.15, 0.2) is 24.3 Å². The second-order valence-corrected chi connectivity index (χ2v) is 4.76. The van der Waals surface area contributed by atoms with Crippen molar-refractivity contribution in [2.45, 2.75) is 32.6 Å². The molecule has 0 heterocycles. The summed E-state index contributed by atoms with van der Waals surface area (Å²) in [5.74, 6) is -0.545. The summed E-state index contributed by atoms with van der Waals surface area (Å²) in [5.41, 5.74) is 0.820. The minimum absolute atomic E-state index is 0.0441. The van der Waals surface area contributed by atoms with Crippen LogP contribution in [-0.2, 0) is 11.3 Å². The van der Waals surface area contributed by atoms with Crippen LogP contribution in [0.5, 0.6) is 0 Å². The molecular weight excluding hydrogens is 271 g/mol. The molecule has 0 spiro atoms. The monoisotopic (exact) mass is 289 g/mol. The number of alkyl halides is 3. The number of hydrogen-bond donors (Lipinski definition) is 0. The molecule has 0 aromatic heterocycles. The average Bonchev–Trinajstić information content (AvgIpc) is 2.36. The van der Waals surface area contributed by atoms with Crippen LogP contribution >= 0.6 is 0 Å². The van der Waals surface area contributed by atoms with Gasteiger partial charge < -0.3 is 4.74 Å². The molecule has 0 saturated heterocycles. The SMILES string of the molecule is COC(=O)c1ccccc1CN(CC(F)(F)F)C(C)C. The van der Waals surface area contributed by atoms with E-state index in [1.807, 2.05) is 0 Å². The van der Waals surface area contributed by atoms with Gasteiger partial charge >= 0.3 is 12.1 Å². The third kappa shape index (κ3) is 4.85. The van der Waals surface area contributed by atoms with E-state index in [2.05, 4.69) is 4.74 Å². The van der Waals surface area contributed by atoms with Gasteiger partial charge in [0.05, 0.1) is 19.2 Å². The lowest BCUT2D eigenvalue weighted by atomic mass is 10.1. The Hall–Kier alpha value is -1.56. The molecule has 112 valence electrons. The summed E-state index contributed by atoms with van der Waals surface area (Å²) in [5, 5.41) is 0. The molecule has 0 N–H and O–H groups in total. The first kappa shape index (κ1) is 16.5. The molecule has 0 aliphatic rings. The van der Waals surface area contributed by atoms with Gasteiger partial charge in [-0.3, -0.25) is 4.90 Å². The normalized spacial score (nSPS) is 12.0. The van der Waals surface area contributed by atoms with Gasteiger partial charge in [0.1, 0.15) is 0 Å². The summed E-state index contributed by atoms with van der Waals surface area (Å²) in [6, 6.07) is 6.24. The highest BCUT2D eigenvalue weighted by molar-refractivity contribution is 5.90. The van der Waals surface area contributed by atoms with Gasteiger partial charge in [0.15, 0.2) is 0 Å². The Morgan fingerprint density at radius 1 is 1.30 bits per heavy atom. The third-order valence-corrected chi connectivity index (χ3v) is 2.91. The van der Waals surface area contributed by atoms with Crippen molar-refractivity contribution in [2.24, 2.45) is 0 Å². The highest BCUT2D eigenvalue weighted by Crippen LogP contribution is 2.21. The molecule has 0 radical (unpaired) electrons. The number of benzene rings is 1. The summed E-state index contributed by atoms with van der Waals surface area (Å²) in [6.45, 7) is 2.40. The average molecular weight is 289 g/mol. The molecule has 3 nitrogen and oxygen atoms in total. The van der Waals surface area contributed by atoms with Crippen LogP contribution in [-0.4, -0.2) is 36.7 Å². The van der Waals surface area contributed by atoms with Crippen molar-refractivity contribution in [3.05, 3.63) is 35.4 Å². The Bertz CT molecular complexity index is 458. The van der Waals surface area contributed by atoms with Gasteiger partial charge in [-0.2, -0.15) is 13.2 Å². The molecule has 1 rings (SSSR count). The summed E-state index contributed by atoms with van der Waals surface area (Å²) in [6.07, 6.45) is -4.27. The standard InChI is InChI=1S/C14H18F3NO2/c1-10(2)18(9-14(15,16)17)8-11-6-4-5-7-12(11)13(19)20-3/h4-7,10H,8-9H2,1-3H3. The molecule has 0 aliphatic heterocycles. The summed E-state index contributed by atoms with van der Waals surface area (Å²) in [4.78, 5) is 12.9. The number of carbonyl (C=O) groups excluding carboxylic acids is 1. The van der Waals surface area contributed by atoms with Crippen molar-refractivity contribution >= 4 is 5.97 Å². The number of methoxy groups -OCH3 is 1. The van der Waals surface area contributed by atoms with Crippen molar-refractivity contribution in [1.82, 2.24) is 4.90 Å². The lowest BCUT2D eigenvalue weighted by Crippen LogP contribution is -2.38. The highest BCUT2D eigenvalue weighted by atomic mass is 19.4. The van der Waals surface area contributed by atoms with Crippen LogP contribution in [0.1, 0.15) is 29.8 Å². The fourth-order valence-corrected chi connectivity index (χ4v) is 1.84. The molecule has 0 unspecified atom stereocenters. The van der Waals surface area contributed by atoms with Crippen LogP contribution in [0.2, 0.25) is 0 Å². The van der Waals surface area contributed by atoms with Gasteiger partial charge in [0.2, 0.25) is 0 Å². The second kappa shape index (κ2) is 6.74. The molecular formula is C14H18F3NO2. The molecule has 20 heavy (non-hydrogen) atoms. The first-order chi connectivity index (χ1) is 9.24. The zero-order valence-electron chi connectivity index (χ0n) is 11.7. The predicted molar refractivity (Wildman–Crippen MR) is 69.4 cm³/mol. The topological polar surface area (TPSA) is 29.5 Å². The van der Waals surface area contributed by atoms with E-state index in [1.54, 1.807) is 38.1 Å². The number of rotatable bonds is 5. The third-order valence-electron chi connectivity index (χ3n) is 2.91. The fraction of sp³-hybridized carbons (Fsp3) is 0.500. The molecule has 0 saturated carbocycles. The van der Waals surface area contributed by atoms with Crippen LogP contribution in [0.3, 0.4) is 0 Å². The van der Waals surface area contributed by atoms with Gasteiger partial charge in [-0.1, -0.05) is 18.2 Å². The molecule has 0 fully saturated rings. The zero-order chi connectivity index (χ0) is 15.3. The zero-order valence-corrected chi connectivity index (χ0v) is 11.7. The van der Waals surface area contributed by atoms with E-state index in [-0.39, 0.29) is 12.6 Å². The molecule has 1 aromatic rings. The first-order valence-corrected chi connectivity index (χ1v) is 6.21. The van der Waals surface area contributed by atoms with Crippen molar-refractivity contribution in [3.63, 3.8) is 0 Å². The van der Waals surface area contributed by atoms with E-state index in [0.29, 0.717) is 11.1 Å². The number of nitrogens with zero attached hydrogens (tertiary/aromatic N) is 1. The highest BCUT2D eigenvalue weighted by Gasteiger charge is 2.32. The van der Waals surface area contributed by atoms with Crippen molar-refractivity contribution < 1.29 is 22.7 Å². The largest absolute Gasteiger partial charge is 0.465 e. The van der Waals surface area contributed by atoms with Crippen LogP contribution in [0.4, 0.5) is 13.2 Å². The van der Waals surface area contributed by atoms with Crippen molar-refractivity contribution in [2.75, 3.05) is 13.7 Å². The van der Waals surface area contributed by atoms with Crippen molar-refractivity contribution in [3.8, 4) is 0 Å². The number of hydrogen-bond acceptors (Lipinski definition) is 3. The molecule has 0 atom stereocenters. The van der Waals surface area contributed by atoms with Gasteiger partial charge in [0, 0.05) is 12.6 Å².